The van der Waals surface area contributed by atoms with Crippen LogP contribution in [-0.4, -0.2) is 9.55 Å². The summed E-state index contributed by atoms with van der Waals surface area (Å²) in [7, 11) is 0. The molecular formula is C16H21N3. The zero-order valence-electron chi connectivity index (χ0n) is 11.5. The van der Waals surface area contributed by atoms with E-state index < -0.39 is 0 Å². The second-order valence-electron chi connectivity index (χ2n) is 5.63. The Morgan fingerprint density at radius 3 is 3.05 bits per heavy atom. The lowest BCUT2D eigenvalue weighted by Crippen LogP contribution is -2.09. The molecule has 0 fully saturated rings. The van der Waals surface area contributed by atoms with Crippen LogP contribution in [0, 0.1) is 6.92 Å². The Labute approximate surface area is 114 Å². The molecule has 2 aromatic rings. The highest BCUT2D eigenvalue weighted by Gasteiger charge is 2.17. The highest BCUT2D eigenvalue weighted by Crippen LogP contribution is 2.27. The average molecular weight is 255 g/mol. The van der Waals surface area contributed by atoms with Crippen LogP contribution in [0.25, 0.3) is 0 Å². The van der Waals surface area contributed by atoms with Gasteiger partial charge in [-0.25, -0.2) is 0 Å². The SMILES string of the molecule is Cc1cncc(Cn2cc3c(c2)C(N)CCCC3)c1. The third-order valence-electron chi connectivity index (χ3n) is 3.90. The maximum atomic E-state index is 6.25. The number of aryl methyl sites for hydroxylation is 2. The van der Waals surface area contributed by atoms with Crippen molar-refractivity contribution in [2.24, 2.45) is 5.73 Å². The molecular weight excluding hydrogens is 234 g/mol. The van der Waals surface area contributed by atoms with Gasteiger partial charge in [0.25, 0.3) is 0 Å². The minimum Gasteiger partial charge on any atom is -0.349 e. The Morgan fingerprint density at radius 2 is 2.21 bits per heavy atom. The molecule has 19 heavy (non-hydrogen) atoms. The second-order valence-corrected chi connectivity index (χ2v) is 5.63. The molecule has 3 rings (SSSR count). The topological polar surface area (TPSA) is 43.8 Å². The van der Waals surface area contributed by atoms with Gasteiger partial charge < -0.3 is 10.3 Å². The third kappa shape index (κ3) is 2.71. The lowest BCUT2D eigenvalue weighted by atomic mass is 10.1. The number of fused-ring (bicyclic) bond motifs is 1. The lowest BCUT2D eigenvalue weighted by Gasteiger charge is -2.07. The molecule has 1 unspecified atom stereocenters. The van der Waals surface area contributed by atoms with Crippen LogP contribution in [0.1, 0.15) is 47.6 Å². The molecule has 2 aromatic heterocycles. The van der Waals surface area contributed by atoms with Crippen molar-refractivity contribution in [3.8, 4) is 0 Å². The second kappa shape index (κ2) is 5.17. The van der Waals surface area contributed by atoms with Gasteiger partial charge in [0.2, 0.25) is 0 Å². The van der Waals surface area contributed by atoms with Crippen molar-refractivity contribution in [1.29, 1.82) is 0 Å². The minimum atomic E-state index is 0.217. The fraction of sp³-hybridized carbons (Fsp3) is 0.438. The van der Waals surface area contributed by atoms with Crippen LogP contribution in [0.5, 0.6) is 0 Å². The van der Waals surface area contributed by atoms with Gasteiger partial charge in [-0.15, -0.1) is 0 Å². The van der Waals surface area contributed by atoms with Crippen molar-refractivity contribution in [3.05, 3.63) is 53.1 Å². The standard InChI is InChI=1S/C16H21N3/c1-12-6-13(8-18-7-12)9-19-10-14-4-2-3-5-16(17)15(14)11-19/h6-8,10-11,16H,2-5,9,17H2,1H3. The number of hydrogen-bond donors (Lipinski definition) is 1. The van der Waals surface area contributed by atoms with E-state index in [4.69, 9.17) is 5.73 Å². The van der Waals surface area contributed by atoms with Crippen LogP contribution in [0.2, 0.25) is 0 Å². The Kier molecular flexibility index (Phi) is 3.38. The summed E-state index contributed by atoms with van der Waals surface area (Å²) in [6.45, 7) is 2.96. The quantitative estimate of drug-likeness (QED) is 0.838. The van der Waals surface area contributed by atoms with Crippen molar-refractivity contribution in [3.63, 3.8) is 0 Å². The molecule has 0 spiro atoms. The fourth-order valence-electron chi connectivity index (χ4n) is 2.96. The van der Waals surface area contributed by atoms with Crippen molar-refractivity contribution >= 4 is 0 Å². The Hall–Kier alpha value is -1.61. The normalized spacial score (nSPS) is 18.9. The van der Waals surface area contributed by atoms with Crippen LogP contribution in [0.4, 0.5) is 0 Å². The maximum Gasteiger partial charge on any atom is 0.0485 e. The van der Waals surface area contributed by atoms with Crippen LogP contribution >= 0.6 is 0 Å². The predicted octanol–water partition coefficient (Wildman–Crippen LogP) is 2.97. The van der Waals surface area contributed by atoms with Crippen molar-refractivity contribution in [2.45, 2.75) is 45.2 Å². The summed E-state index contributed by atoms with van der Waals surface area (Å²) in [6, 6.07) is 2.41. The lowest BCUT2D eigenvalue weighted by molar-refractivity contribution is 0.610. The molecule has 1 aliphatic carbocycles. The van der Waals surface area contributed by atoms with Crippen LogP contribution in [0.3, 0.4) is 0 Å². The number of pyridine rings is 1. The minimum absolute atomic E-state index is 0.217. The molecule has 3 nitrogen and oxygen atoms in total. The van der Waals surface area contributed by atoms with Gasteiger partial charge in [-0.2, -0.15) is 0 Å². The third-order valence-corrected chi connectivity index (χ3v) is 3.90. The number of rotatable bonds is 2. The van der Waals surface area contributed by atoms with E-state index in [1.54, 1.807) is 0 Å². The summed E-state index contributed by atoms with van der Waals surface area (Å²) in [5.41, 5.74) is 11.5. The zero-order chi connectivity index (χ0) is 13.2. The fourth-order valence-corrected chi connectivity index (χ4v) is 2.96. The maximum absolute atomic E-state index is 6.25. The molecule has 1 atom stereocenters. The van der Waals surface area contributed by atoms with E-state index in [-0.39, 0.29) is 6.04 Å². The van der Waals surface area contributed by atoms with Crippen molar-refractivity contribution in [2.75, 3.05) is 0 Å². The van der Waals surface area contributed by atoms with Gasteiger partial charge in [0.15, 0.2) is 0 Å². The van der Waals surface area contributed by atoms with E-state index in [2.05, 4.69) is 34.9 Å². The van der Waals surface area contributed by atoms with E-state index in [0.717, 1.165) is 13.0 Å². The van der Waals surface area contributed by atoms with E-state index in [1.807, 2.05) is 12.4 Å². The summed E-state index contributed by atoms with van der Waals surface area (Å²) >= 11 is 0. The summed E-state index contributed by atoms with van der Waals surface area (Å²) < 4.78 is 2.26. The molecule has 2 heterocycles. The molecule has 3 heteroatoms. The average Bonchev–Trinajstić information content (AvgIpc) is 2.70. The number of hydrogen-bond acceptors (Lipinski definition) is 2. The van der Waals surface area contributed by atoms with E-state index in [9.17, 15) is 0 Å². The van der Waals surface area contributed by atoms with Crippen molar-refractivity contribution in [1.82, 2.24) is 9.55 Å². The molecule has 0 saturated carbocycles. The highest BCUT2D eigenvalue weighted by atomic mass is 14.9. The smallest absolute Gasteiger partial charge is 0.0485 e. The zero-order valence-corrected chi connectivity index (χ0v) is 11.5. The van der Waals surface area contributed by atoms with Crippen LogP contribution in [-0.2, 0) is 13.0 Å². The van der Waals surface area contributed by atoms with Crippen molar-refractivity contribution < 1.29 is 0 Å². The summed E-state index contributed by atoms with van der Waals surface area (Å²) in [5.74, 6) is 0. The molecule has 1 aliphatic rings. The van der Waals surface area contributed by atoms with Crippen LogP contribution < -0.4 is 5.73 Å². The molecule has 0 aromatic carbocycles. The van der Waals surface area contributed by atoms with E-state index >= 15 is 0 Å². The van der Waals surface area contributed by atoms with Gasteiger partial charge in [-0.1, -0.05) is 12.5 Å². The molecule has 0 amide bonds. The first-order valence-corrected chi connectivity index (χ1v) is 7.07. The number of nitrogens with two attached hydrogens (primary N) is 1. The Morgan fingerprint density at radius 1 is 1.32 bits per heavy atom. The van der Waals surface area contributed by atoms with Gasteiger partial charge >= 0.3 is 0 Å². The summed E-state index contributed by atoms with van der Waals surface area (Å²) in [6.07, 6.45) is 13.1. The first-order valence-electron chi connectivity index (χ1n) is 7.07. The van der Waals surface area contributed by atoms with Gasteiger partial charge in [0, 0.05) is 37.4 Å². The molecule has 0 saturated heterocycles. The number of aromatic nitrogens is 2. The monoisotopic (exact) mass is 255 g/mol. The largest absolute Gasteiger partial charge is 0.349 e. The highest BCUT2D eigenvalue weighted by molar-refractivity contribution is 5.30. The molecule has 2 N–H and O–H groups in total. The summed E-state index contributed by atoms with van der Waals surface area (Å²) in [4.78, 5) is 4.25. The van der Waals surface area contributed by atoms with Crippen LogP contribution in [0.15, 0.2) is 30.9 Å². The van der Waals surface area contributed by atoms with E-state index in [1.165, 1.54) is 41.5 Å². The molecule has 0 aliphatic heterocycles. The molecule has 100 valence electrons. The Bertz CT molecular complexity index is 571. The number of nitrogens with zero attached hydrogens (tertiary/aromatic N) is 2. The molecule has 0 bridgehead atoms. The predicted molar refractivity (Wildman–Crippen MR) is 77.0 cm³/mol. The molecule has 0 radical (unpaired) electrons. The van der Waals surface area contributed by atoms with Gasteiger partial charge in [-0.05, 0) is 48.4 Å². The Balaban J connectivity index is 1.85. The van der Waals surface area contributed by atoms with E-state index in [0.29, 0.717) is 0 Å². The first kappa shape index (κ1) is 12.4. The summed E-state index contributed by atoms with van der Waals surface area (Å²) in [5, 5.41) is 0. The van der Waals surface area contributed by atoms with Gasteiger partial charge in [0.05, 0.1) is 0 Å². The van der Waals surface area contributed by atoms with Gasteiger partial charge in [-0.3, -0.25) is 4.98 Å². The van der Waals surface area contributed by atoms with Gasteiger partial charge in [0.1, 0.15) is 0 Å². The first-order chi connectivity index (χ1) is 9.22.